The summed E-state index contributed by atoms with van der Waals surface area (Å²) < 4.78 is 0.998. The van der Waals surface area contributed by atoms with E-state index in [1.807, 2.05) is 12.1 Å². The predicted molar refractivity (Wildman–Crippen MR) is 86.1 cm³/mol. The van der Waals surface area contributed by atoms with Gasteiger partial charge in [0.15, 0.2) is 5.84 Å². The maximum Gasteiger partial charge on any atom is 0.255 e. The van der Waals surface area contributed by atoms with Crippen molar-refractivity contribution < 1.29 is 10.0 Å². The minimum Gasteiger partial charge on any atom is -0.409 e. The first kappa shape index (κ1) is 14.3. The number of carbonyl (C=O) groups is 1. The van der Waals surface area contributed by atoms with E-state index >= 15 is 0 Å². The Labute approximate surface area is 129 Å². The first-order valence-electron chi connectivity index (χ1n) is 5.75. The number of nitrogens with zero attached hydrogens (tertiary/aromatic N) is 1. The normalized spacial score (nSPS) is 11.2. The van der Waals surface area contributed by atoms with Crippen molar-refractivity contribution in [1.29, 1.82) is 0 Å². The van der Waals surface area contributed by atoms with Crippen molar-refractivity contribution in [2.75, 3.05) is 5.32 Å². The molecule has 0 saturated heterocycles. The van der Waals surface area contributed by atoms with Crippen LogP contribution < -0.4 is 11.1 Å². The fourth-order valence-corrected chi connectivity index (χ4v) is 2.16. The number of oxime groups is 1. The van der Waals surface area contributed by atoms with E-state index in [9.17, 15) is 4.79 Å². The number of amidine groups is 1. The molecule has 6 heteroatoms. The second-order valence-electron chi connectivity index (χ2n) is 4.03. The molecule has 2 aromatic carbocycles. The molecule has 0 atom stereocenters. The number of anilines is 1. The van der Waals surface area contributed by atoms with Crippen LogP contribution in [0.5, 0.6) is 0 Å². The summed E-state index contributed by atoms with van der Waals surface area (Å²) in [7, 11) is 0. The lowest BCUT2D eigenvalue weighted by Gasteiger charge is -2.06. The first-order chi connectivity index (χ1) is 9.60. The lowest BCUT2D eigenvalue weighted by Crippen LogP contribution is -2.14. The summed E-state index contributed by atoms with van der Waals surface area (Å²) in [5.74, 6) is -0.152. The summed E-state index contributed by atoms with van der Waals surface area (Å²) in [4.78, 5) is 12.0. The van der Waals surface area contributed by atoms with Gasteiger partial charge in [0.2, 0.25) is 0 Å². The number of hydrogen-bond acceptors (Lipinski definition) is 3. The van der Waals surface area contributed by atoms with Crippen LogP contribution in [0.2, 0.25) is 0 Å². The van der Waals surface area contributed by atoms with Gasteiger partial charge in [-0.15, -0.1) is 0 Å². The Morgan fingerprint density at radius 1 is 1.15 bits per heavy atom. The SMILES string of the molecule is N/C(=N/O)c1ccc(NC(=O)c2cccc(I)c2)cc1. The fourth-order valence-electron chi connectivity index (χ4n) is 1.62. The number of rotatable bonds is 3. The van der Waals surface area contributed by atoms with Crippen LogP contribution in [0.3, 0.4) is 0 Å². The third-order valence-corrected chi connectivity index (χ3v) is 3.30. The highest BCUT2D eigenvalue weighted by molar-refractivity contribution is 14.1. The van der Waals surface area contributed by atoms with Gasteiger partial charge in [-0.1, -0.05) is 11.2 Å². The molecule has 0 aliphatic heterocycles. The molecular weight excluding hydrogens is 369 g/mol. The monoisotopic (exact) mass is 381 g/mol. The van der Waals surface area contributed by atoms with E-state index in [2.05, 4.69) is 33.1 Å². The van der Waals surface area contributed by atoms with Gasteiger partial charge in [-0.2, -0.15) is 0 Å². The summed E-state index contributed by atoms with van der Waals surface area (Å²) in [5.41, 5.74) is 7.29. The molecule has 0 aliphatic carbocycles. The average Bonchev–Trinajstić information content (AvgIpc) is 2.47. The zero-order valence-corrected chi connectivity index (χ0v) is 12.5. The van der Waals surface area contributed by atoms with Crippen molar-refractivity contribution in [2.24, 2.45) is 10.9 Å². The van der Waals surface area contributed by atoms with Gasteiger partial charge in [0.25, 0.3) is 5.91 Å². The summed E-state index contributed by atoms with van der Waals surface area (Å²) in [6.07, 6.45) is 0. The maximum atomic E-state index is 12.0. The van der Waals surface area contributed by atoms with Crippen LogP contribution in [-0.4, -0.2) is 17.0 Å². The van der Waals surface area contributed by atoms with E-state index in [1.165, 1.54) is 0 Å². The third-order valence-electron chi connectivity index (χ3n) is 2.63. The van der Waals surface area contributed by atoms with Crippen LogP contribution in [0.4, 0.5) is 5.69 Å². The van der Waals surface area contributed by atoms with E-state index in [1.54, 1.807) is 36.4 Å². The van der Waals surface area contributed by atoms with Crippen LogP contribution in [0.25, 0.3) is 0 Å². The Kier molecular flexibility index (Phi) is 4.57. The number of nitrogens with one attached hydrogen (secondary N) is 1. The van der Waals surface area contributed by atoms with Crippen molar-refractivity contribution in [3.05, 3.63) is 63.2 Å². The number of nitrogens with two attached hydrogens (primary N) is 1. The maximum absolute atomic E-state index is 12.0. The van der Waals surface area contributed by atoms with Crippen LogP contribution in [0, 0.1) is 3.57 Å². The molecule has 0 saturated carbocycles. The van der Waals surface area contributed by atoms with Crippen molar-refractivity contribution in [1.82, 2.24) is 0 Å². The van der Waals surface area contributed by atoms with Gasteiger partial charge < -0.3 is 16.3 Å². The highest BCUT2D eigenvalue weighted by atomic mass is 127. The summed E-state index contributed by atoms with van der Waals surface area (Å²) in [6, 6.07) is 14.0. The van der Waals surface area contributed by atoms with Gasteiger partial charge >= 0.3 is 0 Å². The Morgan fingerprint density at radius 2 is 1.85 bits per heavy atom. The number of carbonyl (C=O) groups excluding carboxylic acids is 1. The summed E-state index contributed by atoms with van der Waals surface area (Å²) >= 11 is 2.15. The molecule has 0 heterocycles. The summed E-state index contributed by atoms with van der Waals surface area (Å²) in [6.45, 7) is 0. The molecule has 0 bridgehead atoms. The lowest BCUT2D eigenvalue weighted by molar-refractivity contribution is 0.102. The van der Waals surface area contributed by atoms with Crippen LogP contribution >= 0.6 is 22.6 Å². The van der Waals surface area contributed by atoms with E-state index in [0.29, 0.717) is 16.8 Å². The Morgan fingerprint density at radius 3 is 2.45 bits per heavy atom. The third kappa shape index (κ3) is 3.47. The fraction of sp³-hybridized carbons (Fsp3) is 0. The van der Waals surface area contributed by atoms with Crippen molar-refractivity contribution in [3.63, 3.8) is 0 Å². The molecule has 5 nitrogen and oxygen atoms in total. The molecule has 4 N–H and O–H groups in total. The van der Waals surface area contributed by atoms with Crippen LogP contribution in [0.15, 0.2) is 53.7 Å². The van der Waals surface area contributed by atoms with Gasteiger partial charge in [0.1, 0.15) is 0 Å². The van der Waals surface area contributed by atoms with Crippen molar-refractivity contribution in [2.45, 2.75) is 0 Å². The van der Waals surface area contributed by atoms with E-state index in [0.717, 1.165) is 3.57 Å². The number of hydrogen-bond donors (Lipinski definition) is 3. The highest BCUT2D eigenvalue weighted by Crippen LogP contribution is 2.13. The smallest absolute Gasteiger partial charge is 0.255 e. The Hall–Kier alpha value is -2.09. The molecule has 102 valence electrons. The summed E-state index contributed by atoms with van der Waals surface area (Å²) in [5, 5.41) is 14.3. The number of halogens is 1. The molecule has 0 spiro atoms. The first-order valence-corrected chi connectivity index (χ1v) is 6.83. The molecule has 20 heavy (non-hydrogen) atoms. The van der Waals surface area contributed by atoms with Gasteiger partial charge in [-0.3, -0.25) is 4.79 Å². The molecule has 2 rings (SSSR count). The molecule has 1 amide bonds. The average molecular weight is 381 g/mol. The van der Waals surface area contributed by atoms with Crippen molar-refractivity contribution >= 4 is 40.0 Å². The molecule has 0 aliphatic rings. The van der Waals surface area contributed by atoms with Crippen LogP contribution in [0.1, 0.15) is 15.9 Å². The van der Waals surface area contributed by atoms with E-state index in [-0.39, 0.29) is 11.7 Å². The van der Waals surface area contributed by atoms with E-state index in [4.69, 9.17) is 10.9 Å². The van der Waals surface area contributed by atoms with Gasteiger partial charge in [0.05, 0.1) is 0 Å². The second-order valence-corrected chi connectivity index (χ2v) is 5.27. The van der Waals surface area contributed by atoms with Gasteiger partial charge in [-0.25, -0.2) is 0 Å². The molecule has 0 aromatic heterocycles. The minimum atomic E-state index is -0.180. The lowest BCUT2D eigenvalue weighted by atomic mass is 10.1. The quantitative estimate of drug-likeness (QED) is 0.251. The zero-order chi connectivity index (χ0) is 14.5. The molecule has 0 radical (unpaired) electrons. The standard InChI is InChI=1S/C14H12IN3O2/c15-11-3-1-2-10(8-11)14(19)17-12-6-4-9(5-7-12)13(16)18-20/h1-8,20H,(H2,16,18)(H,17,19). The topological polar surface area (TPSA) is 87.7 Å². The van der Waals surface area contributed by atoms with Gasteiger partial charge in [-0.05, 0) is 65.1 Å². The van der Waals surface area contributed by atoms with Gasteiger partial charge in [0, 0.05) is 20.4 Å². The zero-order valence-electron chi connectivity index (χ0n) is 10.4. The highest BCUT2D eigenvalue weighted by Gasteiger charge is 2.06. The molecule has 2 aromatic rings. The predicted octanol–water partition coefficient (Wildman–Crippen LogP) is 2.64. The largest absolute Gasteiger partial charge is 0.409 e. The van der Waals surface area contributed by atoms with E-state index < -0.39 is 0 Å². The molecule has 0 fully saturated rings. The van der Waals surface area contributed by atoms with Crippen LogP contribution in [-0.2, 0) is 0 Å². The second kappa shape index (κ2) is 6.38. The number of benzene rings is 2. The minimum absolute atomic E-state index is 0.0282. The Balaban J connectivity index is 2.12. The Bertz CT molecular complexity index is 654. The van der Waals surface area contributed by atoms with Crippen molar-refractivity contribution in [3.8, 4) is 0 Å². The molecule has 0 unspecified atom stereocenters. The number of amides is 1. The molecular formula is C14H12IN3O2.